The number of ether oxygens (including phenoxy) is 4. The highest BCUT2D eigenvalue weighted by molar-refractivity contribution is 7.47. The Morgan fingerprint density at radius 3 is 0.630 bits per heavy atom. The monoisotopic (exact) mass is 1580 g/mol. The largest absolute Gasteiger partial charge is 0.472 e. The Morgan fingerprint density at radius 2 is 0.426 bits per heavy atom. The third kappa shape index (κ3) is 82.1. The first-order valence-electron chi connectivity index (χ1n) is 46.0. The van der Waals surface area contributed by atoms with Crippen molar-refractivity contribution in [2.24, 2.45) is 11.8 Å². The summed E-state index contributed by atoms with van der Waals surface area (Å²) in [5.74, 6) is -0.500. The highest BCUT2D eigenvalue weighted by Crippen LogP contribution is 2.45. The van der Waals surface area contributed by atoms with E-state index in [0.717, 1.165) is 102 Å². The number of hydrogen-bond acceptors (Lipinski definition) is 15. The molecule has 0 bridgehead atoms. The van der Waals surface area contributed by atoms with Crippen LogP contribution < -0.4 is 0 Å². The number of hydrogen-bond donors (Lipinski definition) is 3. The molecule has 108 heavy (non-hydrogen) atoms. The normalized spacial score (nSPS) is 13.8. The van der Waals surface area contributed by atoms with E-state index in [-0.39, 0.29) is 25.7 Å². The van der Waals surface area contributed by atoms with Gasteiger partial charge in [0.1, 0.15) is 19.3 Å². The molecule has 0 saturated heterocycles. The molecule has 0 heterocycles. The van der Waals surface area contributed by atoms with Gasteiger partial charge in [0.2, 0.25) is 0 Å². The molecule has 19 heteroatoms. The lowest BCUT2D eigenvalue weighted by atomic mass is 10.0. The Balaban J connectivity index is 5.24. The molecule has 0 spiro atoms. The van der Waals surface area contributed by atoms with Crippen LogP contribution >= 0.6 is 15.6 Å². The summed E-state index contributed by atoms with van der Waals surface area (Å²) in [4.78, 5) is 73.3. The van der Waals surface area contributed by atoms with Gasteiger partial charge >= 0.3 is 39.5 Å². The number of unbranched alkanes of at least 4 members (excludes halogenated alkanes) is 58. The number of carbonyl (C=O) groups is 4. The molecule has 642 valence electrons. The van der Waals surface area contributed by atoms with E-state index in [0.29, 0.717) is 25.7 Å². The maximum Gasteiger partial charge on any atom is 0.472 e. The number of phosphoric ester groups is 2. The summed E-state index contributed by atoms with van der Waals surface area (Å²) in [7, 11) is -9.93. The first-order valence-corrected chi connectivity index (χ1v) is 49.0. The molecule has 2 unspecified atom stereocenters. The van der Waals surface area contributed by atoms with Crippen molar-refractivity contribution in [1.29, 1.82) is 0 Å². The summed E-state index contributed by atoms with van der Waals surface area (Å²) >= 11 is 0. The molecule has 0 fully saturated rings. The Labute approximate surface area is 664 Å². The van der Waals surface area contributed by atoms with Gasteiger partial charge in [0, 0.05) is 25.7 Å². The lowest BCUT2D eigenvalue weighted by molar-refractivity contribution is -0.161. The van der Waals surface area contributed by atoms with Crippen molar-refractivity contribution in [2.75, 3.05) is 39.6 Å². The SMILES string of the molecule is CCCCCCCCCCCCCCCCCCCCCCC(=O)OC[C@H](COP(=O)(O)OC[C@@H](O)COP(=O)(O)OC[C@@H](COC(=O)CCCCCCCCCCCCCC)OC(=O)CCCCCCCCCCCCCCC(C)C)OC(=O)CCCCCCCCCCCCCCCCCCCCC(C)C. The minimum absolute atomic E-state index is 0.108. The van der Waals surface area contributed by atoms with Gasteiger partial charge < -0.3 is 33.8 Å². The van der Waals surface area contributed by atoms with Gasteiger partial charge in [0.05, 0.1) is 26.4 Å². The molecule has 0 aromatic rings. The summed E-state index contributed by atoms with van der Waals surface area (Å²) in [5, 5.41) is 10.7. The van der Waals surface area contributed by atoms with Gasteiger partial charge in [-0.2, -0.15) is 0 Å². The van der Waals surface area contributed by atoms with Crippen LogP contribution in [0.5, 0.6) is 0 Å². The van der Waals surface area contributed by atoms with E-state index in [9.17, 15) is 43.2 Å². The van der Waals surface area contributed by atoms with Crippen molar-refractivity contribution in [3.63, 3.8) is 0 Å². The minimum atomic E-state index is -4.97. The highest BCUT2D eigenvalue weighted by atomic mass is 31.2. The average molecular weight is 1580 g/mol. The molecule has 3 N–H and O–H groups in total. The lowest BCUT2D eigenvalue weighted by Gasteiger charge is -2.21. The fourth-order valence-electron chi connectivity index (χ4n) is 14.0. The summed E-state index contributed by atoms with van der Waals surface area (Å²) in [6.07, 6.45) is 73.6. The van der Waals surface area contributed by atoms with Crippen LogP contribution in [-0.2, 0) is 65.4 Å². The number of rotatable bonds is 88. The van der Waals surface area contributed by atoms with Gasteiger partial charge in [-0.1, -0.05) is 427 Å². The molecule has 17 nitrogen and oxygen atoms in total. The quantitative estimate of drug-likeness (QED) is 0.0222. The van der Waals surface area contributed by atoms with Crippen molar-refractivity contribution in [3.8, 4) is 0 Å². The number of carbonyl (C=O) groups excluding carboxylic acids is 4. The van der Waals surface area contributed by atoms with Crippen LogP contribution in [0.2, 0.25) is 0 Å². The van der Waals surface area contributed by atoms with Crippen LogP contribution in [0.4, 0.5) is 0 Å². The molecule has 0 radical (unpaired) electrons. The van der Waals surface area contributed by atoms with E-state index in [1.165, 1.54) is 295 Å². The maximum atomic E-state index is 13.2. The summed E-state index contributed by atoms with van der Waals surface area (Å²) in [6.45, 7) is 9.74. The van der Waals surface area contributed by atoms with E-state index in [1.54, 1.807) is 0 Å². The number of phosphoric acid groups is 2. The van der Waals surface area contributed by atoms with E-state index in [2.05, 4.69) is 41.5 Å². The van der Waals surface area contributed by atoms with Crippen LogP contribution in [-0.4, -0.2) is 96.7 Å². The molecular weight excluding hydrogens is 1400 g/mol. The van der Waals surface area contributed by atoms with Gasteiger partial charge in [-0.15, -0.1) is 0 Å². The summed E-state index contributed by atoms with van der Waals surface area (Å²) < 4.78 is 69.0. The highest BCUT2D eigenvalue weighted by Gasteiger charge is 2.31. The zero-order valence-corrected chi connectivity index (χ0v) is 73.0. The molecule has 0 aliphatic heterocycles. The number of esters is 4. The Morgan fingerprint density at radius 1 is 0.250 bits per heavy atom. The molecule has 0 aliphatic rings. The molecule has 0 amide bonds. The van der Waals surface area contributed by atoms with Gasteiger partial charge in [0.15, 0.2) is 12.2 Å². The van der Waals surface area contributed by atoms with Gasteiger partial charge in [-0.3, -0.25) is 37.3 Å². The predicted octanol–water partition coefficient (Wildman–Crippen LogP) is 27.4. The predicted molar refractivity (Wildman–Crippen MR) is 446 cm³/mol. The van der Waals surface area contributed by atoms with Gasteiger partial charge in [-0.05, 0) is 37.5 Å². The second kappa shape index (κ2) is 80.3. The third-order valence-corrected chi connectivity index (χ3v) is 22.9. The molecular formula is C89H174O17P2. The fourth-order valence-corrected chi connectivity index (χ4v) is 15.5. The second-order valence-electron chi connectivity index (χ2n) is 32.9. The molecule has 0 aliphatic carbocycles. The van der Waals surface area contributed by atoms with Crippen molar-refractivity contribution in [1.82, 2.24) is 0 Å². The van der Waals surface area contributed by atoms with Crippen LogP contribution in [0.3, 0.4) is 0 Å². The maximum absolute atomic E-state index is 13.2. The van der Waals surface area contributed by atoms with Gasteiger partial charge in [-0.25, -0.2) is 9.13 Å². The fraction of sp³-hybridized carbons (Fsp3) is 0.955. The van der Waals surface area contributed by atoms with E-state index in [4.69, 9.17) is 37.0 Å². The van der Waals surface area contributed by atoms with E-state index < -0.39 is 97.5 Å². The van der Waals surface area contributed by atoms with Crippen molar-refractivity contribution < 1.29 is 80.2 Å². The standard InChI is InChI=1S/C89H174O17P2/c1-7-9-11-13-15-17-19-21-22-23-24-25-29-32-35-42-48-54-60-66-72-87(92)100-78-85(105-88(93)73-67-61-55-49-43-36-33-30-27-26-28-31-34-39-45-51-57-63-69-81(3)4)80-104-108(97,98)102-76-83(90)75-101-107(95,96)103-79-84(77-99-86(91)71-65-59-53-47-41-20-18-16-14-12-10-8-2)106-89(94)74-68-62-56-50-44-38-37-40-46-52-58-64-70-82(5)6/h81-85,90H,7-80H2,1-6H3,(H,95,96)(H,97,98)/t83-,84+,85+/m0/s1. The molecule has 0 aromatic heterocycles. The molecule has 0 saturated carbocycles. The summed E-state index contributed by atoms with van der Waals surface area (Å²) in [5.41, 5.74) is 0. The topological polar surface area (TPSA) is 237 Å². The lowest BCUT2D eigenvalue weighted by Crippen LogP contribution is -2.30. The first-order chi connectivity index (χ1) is 52.4. The Bertz CT molecular complexity index is 2060. The summed E-state index contributed by atoms with van der Waals surface area (Å²) in [6, 6.07) is 0. The zero-order valence-electron chi connectivity index (χ0n) is 71.2. The Kier molecular flexibility index (Phi) is 78.8. The smallest absolute Gasteiger partial charge is 0.462 e. The number of aliphatic hydroxyl groups excluding tert-OH is 1. The molecule has 5 atom stereocenters. The van der Waals surface area contributed by atoms with Crippen LogP contribution in [0.1, 0.15) is 478 Å². The number of aliphatic hydroxyl groups is 1. The Hall–Kier alpha value is -1.94. The third-order valence-electron chi connectivity index (χ3n) is 21.0. The van der Waals surface area contributed by atoms with Crippen LogP contribution in [0, 0.1) is 11.8 Å². The second-order valence-corrected chi connectivity index (χ2v) is 35.8. The minimum Gasteiger partial charge on any atom is -0.462 e. The van der Waals surface area contributed by atoms with E-state index >= 15 is 0 Å². The van der Waals surface area contributed by atoms with Crippen molar-refractivity contribution in [2.45, 2.75) is 496 Å². The first kappa shape index (κ1) is 106. The zero-order chi connectivity index (χ0) is 79.2. The van der Waals surface area contributed by atoms with Crippen LogP contribution in [0.15, 0.2) is 0 Å². The van der Waals surface area contributed by atoms with Crippen molar-refractivity contribution >= 4 is 39.5 Å². The van der Waals surface area contributed by atoms with E-state index in [1.807, 2.05) is 0 Å². The van der Waals surface area contributed by atoms with Crippen LogP contribution in [0.25, 0.3) is 0 Å². The van der Waals surface area contributed by atoms with Gasteiger partial charge in [0.25, 0.3) is 0 Å². The molecule has 0 aromatic carbocycles. The van der Waals surface area contributed by atoms with Crippen molar-refractivity contribution in [3.05, 3.63) is 0 Å². The molecule has 0 rings (SSSR count). The average Bonchev–Trinajstić information content (AvgIpc) is 0.910.